The van der Waals surface area contributed by atoms with Gasteiger partial charge in [0.1, 0.15) is 5.82 Å². The quantitative estimate of drug-likeness (QED) is 0.778. The fourth-order valence-electron chi connectivity index (χ4n) is 1.33. The van der Waals surface area contributed by atoms with E-state index in [0.29, 0.717) is 5.82 Å². The molecule has 0 bridgehead atoms. The number of aromatic amines is 1. The molecule has 1 heterocycles. The SMILES string of the molecule is CSc1ccc(-c2nc(O)cc(=O)[nH]2)cc1. The molecule has 82 valence electrons. The van der Waals surface area contributed by atoms with Crippen molar-refractivity contribution in [3.05, 3.63) is 40.7 Å². The summed E-state index contributed by atoms with van der Waals surface area (Å²) < 4.78 is 0. The van der Waals surface area contributed by atoms with Crippen molar-refractivity contribution in [1.82, 2.24) is 9.97 Å². The summed E-state index contributed by atoms with van der Waals surface area (Å²) >= 11 is 1.64. The lowest BCUT2D eigenvalue weighted by Gasteiger charge is -2.02. The number of H-pyrrole nitrogens is 1. The lowest BCUT2D eigenvalue weighted by molar-refractivity contribution is 0.452. The Labute approximate surface area is 96.4 Å². The molecule has 5 heteroatoms. The van der Waals surface area contributed by atoms with Crippen LogP contribution in [0.3, 0.4) is 0 Å². The zero-order valence-corrected chi connectivity index (χ0v) is 9.41. The highest BCUT2D eigenvalue weighted by Crippen LogP contribution is 2.20. The highest BCUT2D eigenvalue weighted by molar-refractivity contribution is 7.98. The normalized spacial score (nSPS) is 10.3. The Morgan fingerprint density at radius 1 is 1.31 bits per heavy atom. The van der Waals surface area contributed by atoms with E-state index in [4.69, 9.17) is 0 Å². The van der Waals surface area contributed by atoms with Crippen molar-refractivity contribution in [3.8, 4) is 17.3 Å². The summed E-state index contributed by atoms with van der Waals surface area (Å²) in [4.78, 5) is 18.7. The van der Waals surface area contributed by atoms with Gasteiger partial charge in [-0.05, 0) is 18.4 Å². The van der Waals surface area contributed by atoms with Crippen LogP contribution in [-0.2, 0) is 0 Å². The van der Waals surface area contributed by atoms with Crippen LogP contribution < -0.4 is 5.56 Å². The Morgan fingerprint density at radius 2 is 2.00 bits per heavy atom. The number of nitrogens with zero attached hydrogens (tertiary/aromatic N) is 1. The van der Waals surface area contributed by atoms with Gasteiger partial charge >= 0.3 is 0 Å². The molecule has 1 aromatic heterocycles. The van der Waals surface area contributed by atoms with Gasteiger partial charge in [-0.15, -0.1) is 11.8 Å². The zero-order chi connectivity index (χ0) is 11.5. The van der Waals surface area contributed by atoms with Crippen LogP contribution in [0.4, 0.5) is 0 Å². The van der Waals surface area contributed by atoms with Crippen LogP contribution in [0.25, 0.3) is 11.4 Å². The van der Waals surface area contributed by atoms with Crippen LogP contribution in [0.5, 0.6) is 5.88 Å². The van der Waals surface area contributed by atoms with Gasteiger partial charge in [0.25, 0.3) is 5.56 Å². The summed E-state index contributed by atoms with van der Waals surface area (Å²) in [6.07, 6.45) is 1.99. The third-order valence-electron chi connectivity index (χ3n) is 2.09. The predicted octanol–water partition coefficient (Wildman–Crippen LogP) is 1.86. The van der Waals surface area contributed by atoms with Gasteiger partial charge in [-0.25, -0.2) is 0 Å². The highest BCUT2D eigenvalue weighted by atomic mass is 32.2. The first kappa shape index (κ1) is 10.8. The molecule has 0 fully saturated rings. The number of hydrogen-bond acceptors (Lipinski definition) is 4. The molecular weight excluding hydrogens is 224 g/mol. The first-order valence-electron chi connectivity index (χ1n) is 4.64. The zero-order valence-electron chi connectivity index (χ0n) is 8.60. The molecule has 0 radical (unpaired) electrons. The summed E-state index contributed by atoms with van der Waals surface area (Å²) in [6, 6.07) is 8.61. The molecule has 0 unspecified atom stereocenters. The summed E-state index contributed by atoms with van der Waals surface area (Å²) in [5, 5.41) is 9.22. The monoisotopic (exact) mass is 234 g/mol. The minimum Gasteiger partial charge on any atom is -0.493 e. The molecule has 0 aliphatic rings. The Hall–Kier alpha value is -1.75. The fourth-order valence-corrected chi connectivity index (χ4v) is 1.74. The summed E-state index contributed by atoms with van der Waals surface area (Å²) in [5.41, 5.74) is 0.405. The molecule has 0 aliphatic carbocycles. The maximum Gasteiger partial charge on any atom is 0.254 e. The Kier molecular flexibility index (Phi) is 2.96. The second kappa shape index (κ2) is 4.40. The van der Waals surface area contributed by atoms with Crippen LogP contribution in [0.15, 0.2) is 40.0 Å². The van der Waals surface area contributed by atoms with Gasteiger partial charge < -0.3 is 10.1 Å². The molecular formula is C11H10N2O2S. The molecule has 0 spiro atoms. The van der Waals surface area contributed by atoms with E-state index in [1.54, 1.807) is 11.8 Å². The van der Waals surface area contributed by atoms with E-state index in [0.717, 1.165) is 16.5 Å². The van der Waals surface area contributed by atoms with E-state index in [1.165, 1.54) is 0 Å². The summed E-state index contributed by atoms with van der Waals surface area (Å²) in [6.45, 7) is 0. The van der Waals surface area contributed by atoms with Crippen molar-refractivity contribution < 1.29 is 5.11 Å². The second-order valence-corrected chi connectivity index (χ2v) is 4.06. The molecule has 0 saturated heterocycles. The third kappa shape index (κ3) is 2.25. The van der Waals surface area contributed by atoms with Gasteiger partial charge in [0, 0.05) is 10.5 Å². The largest absolute Gasteiger partial charge is 0.493 e. The van der Waals surface area contributed by atoms with E-state index in [2.05, 4.69) is 9.97 Å². The van der Waals surface area contributed by atoms with Gasteiger partial charge in [-0.1, -0.05) is 12.1 Å². The number of rotatable bonds is 2. The Morgan fingerprint density at radius 3 is 2.56 bits per heavy atom. The second-order valence-electron chi connectivity index (χ2n) is 3.18. The number of hydrogen-bond donors (Lipinski definition) is 2. The number of aromatic hydroxyl groups is 1. The number of thioether (sulfide) groups is 1. The van der Waals surface area contributed by atoms with Crippen LogP contribution in [0.2, 0.25) is 0 Å². The van der Waals surface area contributed by atoms with E-state index < -0.39 is 0 Å². The summed E-state index contributed by atoms with van der Waals surface area (Å²) in [5.74, 6) is 0.102. The van der Waals surface area contributed by atoms with E-state index in [9.17, 15) is 9.90 Å². The fraction of sp³-hybridized carbons (Fsp3) is 0.0909. The highest BCUT2D eigenvalue weighted by Gasteiger charge is 2.02. The molecule has 0 aliphatic heterocycles. The van der Waals surface area contributed by atoms with E-state index in [-0.39, 0.29) is 11.4 Å². The van der Waals surface area contributed by atoms with Gasteiger partial charge in [0.15, 0.2) is 0 Å². The molecule has 0 atom stereocenters. The van der Waals surface area contributed by atoms with Crippen LogP contribution in [-0.4, -0.2) is 21.3 Å². The molecule has 16 heavy (non-hydrogen) atoms. The summed E-state index contributed by atoms with van der Waals surface area (Å²) in [7, 11) is 0. The standard InChI is InChI=1S/C11H10N2O2S/c1-16-8-4-2-7(3-5-8)11-12-9(14)6-10(15)13-11/h2-6H,1H3,(H2,12,13,14,15). The minimum absolute atomic E-state index is 0.271. The lowest BCUT2D eigenvalue weighted by atomic mass is 10.2. The molecule has 0 amide bonds. The van der Waals surface area contributed by atoms with Crippen molar-refractivity contribution in [1.29, 1.82) is 0 Å². The maximum atomic E-state index is 11.1. The molecule has 2 aromatic rings. The predicted molar refractivity (Wildman–Crippen MR) is 63.7 cm³/mol. The molecule has 2 rings (SSSR count). The van der Waals surface area contributed by atoms with Crippen molar-refractivity contribution in [2.45, 2.75) is 4.90 Å². The number of aromatic nitrogens is 2. The first-order chi connectivity index (χ1) is 7.69. The van der Waals surface area contributed by atoms with E-state index >= 15 is 0 Å². The first-order valence-corrected chi connectivity index (χ1v) is 5.86. The minimum atomic E-state index is -0.364. The topological polar surface area (TPSA) is 66.0 Å². The van der Waals surface area contributed by atoms with Crippen molar-refractivity contribution in [2.75, 3.05) is 6.26 Å². The third-order valence-corrected chi connectivity index (χ3v) is 2.84. The van der Waals surface area contributed by atoms with Gasteiger partial charge in [-0.3, -0.25) is 4.79 Å². The van der Waals surface area contributed by atoms with Crippen molar-refractivity contribution in [3.63, 3.8) is 0 Å². The average molecular weight is 234 g/mol. The van der Waals surface area contributed by atoms with Crippen LogP contribution in [0.1, 0.15) is 0 Å². The Balaban J connectivity index is 2.46. The molecule has 1 aromatic carbocycles. The van der Waals surface area contributed by atoms with Gasteiger partial charge in [-0.2, -0.15) is 4.98 Å². The lowest BCUT2D eigenvalue weighted by Crippen LogP contribution is -2.06. The Bertz CT molecular complexity index is 549. The molecule has 2 N–H and O–H groups in total. The number of benzene rings is 1. The van der Waals surface area contributed by atoms with Gasteiger partial charge in [0.05, 0.1) is 6.07 Å². The van der Waals surface area contributed by atoms with Crippen molar-refractivity contribution in [2.24, 2.45) is 0 Å². The molecule has 4 nitrogen and oxygen atoms in total. The average Bonchev–Trinajstić information content (AvgIpc) is 2.28. The number of nitrogens with one attached hydrogen (secondary N) is 1. The maximum absolute atomic E-state index is 11.1. The van der Waals surface area contributed by atoms with Gasteiger partial charge in [0.2, 0.25) is 5.88 Å². The smallest absolute Gasteiger partial charge is 0.254 e. The van der Waals surface area contributed by atoms with Crippen LogP contribution in [0, 0.1) is 0 Å². The van der Waals surface area contributed by atoms with Crippen molar-refractivity contribution >= 4 is 11.8 Å². The van der Waals surface area contributed by atoms with E-state index in [1.807, 2.05) is 30.5 Å². The molecule has 0 saturated carbocycles. The van der Waals surface area contributed by atoms with Crippen LogP contribution >= 0.6 is 11.8 Å².